The van der Waals surface area contributed by atoms with E-state index in [-0.39, 0.29) is 0 Å². The first-order chi connectivity index (χ1) is 7.33. The molecule has 1 saturated carbocycles. The predicted octanol–water partition coefficient (Wildman–Crippen LogP) is 2.63. The van der Waals surface area contributed by atoms with Crippen LogP contribution in [0, 0.1) is 17.8 Å². The van der Waals surface area contributed by atoms with Crippen LogP contribution in [0.4, 0.5) is 0 Å². The molecule has 0 amide bonds. The summed E-state index contributed by atoms with van der Waals surface area (Å²) < 4.78 is 2.07. The fourth-order valence-corrected chi connectivity index (χ4v) is 3.15. The fraction of sp³-hybridized carbons (Fsp3) is 0.538. The molecule has 2 bridgehead atoms. The number of nitrogens with one attached hydrogen (secondary N) is 1. The topological polar surface area (TPSA) is 17.0 Å². The second-order valence-electron chi connectivity index (χ2n) is 4.95. The number of fused-ring (bicyclic) bond motifs is 2. The summed E-state index contributed by atoms with van der Waals surface area (Å²) in [5.74, 6) is 2.52. The van der Waals surface area contributed by atoms with E-state index >= 15 is 0 Å². The molecule has 0 saturated heterocycles. The Morgan fingerprint density at radius 1 is 1.20 bits per heavy atom. The van der Waals surface area contributed by atoms with Crippen molar-refractivity contribution in [2.75, 3.05) is 5.43 Å². The summed E-state index contributed by atoms with van der Waals surface area (Å²) in [6.45, 7) is 2.30. The van der Waals surface area contributed by atoms with Gasteiger partial charge in [-0.2, -0.15) is 0 Å². The molecule has 80 valence electrons. The third kappa shape index (κ3) is 1.58. The summed E-state index contributed by atoms with van der Waals surface area (Å²) in [4.78, 5) is 0. The molecule has 4 atom stereocenters. The highest BCUT2D eigenvalue weighted by Gasteiger charge is 2.38. The maximum Gasteiger partial charge on any atom is 0.0430 e. The largest absolute Gasteiger partial charge is 0.323 e. The van der Waals surface area contributed by atoms with Gasteiger partial charge in [-0.25, -0.2) is 0 Å². The molecule has 1 fully saturated rings. The zero-order chi connectivity index (χ0) is 10.3. The van der Waals surface area contributed by atoms with Gasteiger partial charge in [0, 0.05) is 18.4 Å². The predicted molar refractivity (Wildman–Crippen MR) is 62.1 cm³/mol. The van der Waals surface area contributed by atoms with Gasteiger partial charge in [0.15, 0.2) is 0 Å². The Labute approximate surface area is 91.0 Å². The molecule has 2 nitrogen and oxygen atoms in total. The maximum absolute atomic E-state index is 3.53. The lowest BCUT2D eigenvalue weighted by atomic mass is 9.88. The van der Waals surface area contributed by atoms with Gasteiger partial charge in [-0.15, -0.1) is 0 Å². The van der Waals surface area contributed by atoms with Gasteiger partial charge in [-0.3, -0.25) is 4.68 Å². The van der Waals surface area contributed by atoms with Crippen LogP contribution < -0.4 is 5.43 Å². The summed E-state index contributed by atoms with van der Waals surface area (Å²) in [5, 5.41) is 0. The molecule has 3 rings (SSSR count). The Bertz CT molecular complexity index is 353. The summed E-state index contributed by atoms with van der Waals surface area (Å²) in [5.41, 5.74) is 3.53. The summed E-state index contributed by atoms with van der Waals surface area (Å²) >= 11 is 0. The smallest absolute Gasteiger partial charge is 0.0430 e. The quantitative estimate of drug-likeness (QED) is 0.746. The maximum atomic E-state index is 3.53. The van der Waals surface area contributed by atoms with Crippen LogP contribution in [0.5, 0.6) is 0 Å². The van der Waals surface area contributed by atoms with E-state index in [1.165, 1.54) is 12.8 Å². The van der Waals surface area contributed by atoms with E-state index in [1.807, 2.05) is 0 Å². The Morgan fingerprint density at radius 3 is 2.60 bits per heavy atom. The van der Waals surface area contributed by atoms with Gasteiger partial charge in [-0.05, 0) is 49.7 Å². The van der Waals surface area contributed by atoms with Crippen LogP contribution in [-0.4, -0.2) is 10.7 Å². The highest BCUT2D eigenvalue weighted by atomic mass is 15.4. The van der Waals surface area contributed by atoms with Crippen molar-refractivity contribution in [3.63, 3.8) is 0 Å². The van der Waals surface area contributed by atoms with Gasteiger partial charge >= 0.3 is 0 Å². The number of allylic oxidation sites excluding steroid dienone is 2. The molecular weight excluding hydrogens is 184 g/mol. The first-order valence-corrected chi connectivity index (χ1v) is 5.91. The lowest BCUT2D eigenvalue weighted by Crippen LogP contribution is -2.33. The van der Waals surface area contributed by atoms with Crippen LogP contribution in [0.2, 0.25) is 0 Å². The molecule has 4 unspecified atom stereocenters. The van der Waals surface area contributed by atoms with Crippen LogP contribution >= 0.6 is 0 Å². The minimum Gasteiger partial charge on any atom is -0.323 e. The zero-order valence-corrected chi connectivity index (χ0v) is 9.13. The van der Waals surface area contributed by atoms with E-state index in [1.54, 1.807) is 0 Å². The molecule has 1 aromatic rings. The van der Waals surface area contributed by atoms with Crippen LogP contribution in [0.1, 0.15) is 19.8 Å². The van der Waals surface area contributed by atoms with Crippen LogP contribution in [0.15, 0.2) is 36.7 Å². The molecule has 2 aliphatic rings. The van der Waals surface area contributed by atoms with Gasteiger partial charge in [-0.1, -0.05) is 12.2 Å². The standard InChI is InChI=1S/C13H18N2/c1-10(14-15-6-2-3-7-15)13-9-11-4-5-12(13)8-11/h2-7,10-14H,8-9H2,1H3. The average molecular weight is 202 g/mol. The van der Waals surface area contributed by atoms with E-state index in [0.29, 0.717) is 6.04 Å². The van der Waals surface area contributed by atoms with Crippen molar-refractivity contribution in [3.05, 3.63) is 36.7 Å². The summed E-state index contributed by atoms with van der Waals surface area (Å²) in [6, 6.07) is 4.68. The van der Waals surface area contributed by atoms with Gasteiger partial charge in [0.05, 0.1) is 0 Å². The lowest BCUT2D eigenvalue weighted by molar-refractivity contribution is 0.381. The van der Waals surface area contributed by atoms with Gasteiger partial charge < -0.3 is 5.43 Å². The second-order valence-corrected chi connectivity index (χ2v) is 4.95. The first kappa shape index (κ1) is 9.08. The van der Waals surface area contributed by atoms with E-state index in [2.05, 4.69) is 53.7 Å². The minimum atomic E-state index is 0.567. The third-order valence-corrected chi connectivity index (χ3v) is 3.93. The SMILES string of the molecule is CC(Nn1cccc1)C1CC2C=CC1C2. The molecule has 0 aromatic carbocycles. The van der Waals surface area contributed by atoms with Crippen molar-refractivity contribution in [2.24, 2.45) is 17.8 Å². The molecule has 1 aromatic heterocycles. The van der Waals surface area contributed by atoms with Crippen molar-refractivity contribution in [1.29, 1.82) is 0 Å². The minimum absolute atomic E-state index is 0.567. The normalized spacial score (nSPS) is 34.6. The molecule has 1 heterocycles. The number of aromatic nitrogens is 1. The number of hydrogen-bond donors (Lipinski definition) is 1. The second kappa shape index (κ2) is 3.44. The molecule has 0 spiro atoms. The van der Waals surface area contributed by atoms with Crippen molar-refractivity contribution in [2.45, 2.75) is 25.8 Å². The van der Waals surface area contributed by atoms with Gasteiger partial charge in [0.1, 0.15) is 0 Å². The third-order valence-electron chi connectivity index (χ3n) is 3.93. The number of rotatable bonds is 3. The van der Waals surface area contributed by atoms with Gasteiger partial charge in [0.2, 0.25) is 0 Å². The highest BCUT2D eigenvalue weighted by molar-refractivity contribution is 5.13. The molecule has 0 aliphatic heterocycles. The Balaban J connectivity index is 1.66. The fourth-order valence-electron chi connectivity index (χ4n) is 3.15. The lowest BCUT2D eigenvalue weighted by Gasteiger charge is -2.27. The molecule has 1 N–H and O–H groups in total. The molecule has 15 heavy (non-hydrogen) atoms. The van der Waals surface area contributed by atoms with Crippen molar-refractivity contribution in [3.8, 4) is 0 Å². The zero-order valence-electron chi connectivity index (χ0n) is 9.13. The Kier molecular flexibility index (Phi) is 2.08. The van der Waals surface area contributed by atoms with E-state index < -0.39 is 0 Å². The number of nitrogens with zero attached hydrogens (tertiary/aromatic N) is 1. The monoisotopic (exact) mass is 202 g/mol. The number of hydrogen-bond acceptors (Lipinski definition) is 1. The van der Waals surface area contributed by atoms with Crippen LogP contribution in [0.25, 0.3) is 0 Å². The van der Waals surface area contributed by atoms with Gasteiger partial charge in [0.25, 0.3) is 0 Å². The Morgan fingerprint density at radius 2 is 2.00 bits per heavy atom. The molecule has 2 aliphatic carbocycles. The van der Waals surface area contributed by atoms with E-state index in [9.17, 15) is 0 Å². The van der Waals surface area contributed by atoms with Crippen molar-refractivity contribution in [1.82, 2.24) is 4.68 Å². The molecule has 2 heteroatoms. The van der Waals surface area contributed by atoms with Crippen molar-refractivity contribution < 1.29 is 0 Å². The van der Waals surface area contributed by atoms with Crippen molar-refractivity contribution >= 4 is 0 Å². The average Bonchev–Trinajstić information content (AvgIpc) is 2.93. The molecular formula is C13H18N2. The summed E-state index contributed by atoms with van der Waals surface area (Å²) in [7, 11) is 0. The van der Waals surface area contributed by atoms with E-state index in [4.69, 9.17) is 0 Å². The molecule has 0 radical (unpaired) electrons. The van der Waals surface area contributed by atoms with Crippen LogP contribution in [0.3, 0.4) is 0 Å². The first-order valence-electron chi connectivity index (χ1n) is 5.91. The highest BCUT2D eigenvalue weighted by Crippen LogP contribution is 2.44. The van der Waals surface area contributed by atoms with E-state index in [0.717, 1.165) is 17.8 Å². The summed E-state index contributed by atoms with van der Waals surface area (Å²) in [6.07, 6.45) is 11.7. The Hall–Kier alpha value is -1.18. The van der Waals surface area contributed by atoms with Crippen LogP contribution in [-0.2, 0) is 0 Å².